The maximum atomic E-state index is 12.2. The van der Waals surface area contributed by atoms with Crippen LogP contribution in [0, 0.1) is 5.92 Å². The highest BCUT2D eigenvalue weighted by Gasteiger charge is 2.17. The van der Waals surface area contributed by atoms with E-state index in [1.807, 2.05) is 31.2 Å². The number of rotatable bonds is 8. The molecule has 5 heteroatoms. The van der Waals surface area contributed by atoms with Gasteiger partial charge in [-0.15, -0.1) is 0 Å². The first-order valence-corrected chi connectivity index (χ1v) is 9.08. The number of carbonyl (C=O) groups is 1. The van der Waals surface area contributed by atoms with E-state index < -0.39 is 0 Å². The number of nitrogens with zero attached hydrogens (tertiary/aromatic N) is 2. The summed E-state index contributed by atoms with van der Waals surface area (Å²) in [5, 5.41) is 3.04. The van der Waals surface area contributed by atoms with Crippen LogP contribution in [0.4, 0.5) is 0 Å². The molecule has 0 bridgehead atoms. The van der Waals surface area contributed by atoms with E-state index in [1.54, 1.807) is 0 Å². The van der Waals surface area contributed by atoms with Gasteiger partial charge in [0.2, 0.25) is 0 Å². The molecule has 1 aromatic carbocycles. The van der Waals surface area contributed by atoms with Crippen LogP contribution in [0.15, 0.2) is 24.3 Å². The van der Waals surface area contributed by atoms with Gasteiger partial charge in [-0.25, -0.2) is 0 Å². The largest absolute Gasteiger partial charge is 0.494 e. The highest BCUT2D eigenvalue weighted by molar-refractivity contribution is 5.94. The lowest BCUT2D eigenvalue weighted by Crippen LogP contribution is -2.48. The smallest absolute Gasteiger partial charge is 0.251 e. The summed E-state index contributed by atoms with van der Waals surface area (Å²) >= 11 is 0. The molecular formula is C19H31N3O2. The van der Waals surface area contributed by atoms with Crippen molar-refractivity contribution >= 4 is 5.91 Å². The van der Waals surface area contributed by atoms with E-state index in [2.05, 4.69) is 29.0 Å². The number of amides is 1. The molecule has 1 aromatic rings. The topological polar surface area (TPSA) is 44.8 Å². The summed E-state index contributed by atoms with van der Waals surface area (Å²) in [7, 11) is 0. The maximum absolute atomic E-state index is 12.2. The van der Waals surface area contributed by atoms with Crippen LogP contribution in [-0.2, 0) is 0 Å². The molecule has 1 atom stereocenters. The third-order valence-corrected chi connectivity index (χ3v) is 4.52. The Bertz CT molecular complexity index is 496. The molecule has 0 saturated carbocycles. The predicted molar refractivity (Wildman–Crippen MR) is 97.7 cm³/mol. The van der Waals surface area contributed by atoms with Gasteiger partial charge in [-0.2, -0.15) is 0 Å². The Morgan fingerprint density at radius 1 is 1.12 bits per heavy atom. The molecule has 134 valence electrons. The fourth-order valence-corrected chi connectivity index (χ4v) is 3.03. The molecule has 24 heavy (non-hydrogen) atoms. The molecule has 0 radical (unpaired) electrons. The van der Waals surface area contributed by atoms with Crippen LogP contribution in [0.2, 0.25) is 0 Å². The van der Waals surface area contributed by atoms with Crippen molar-refractivity contribution in [2.45, 2.75) is 20.8 Å². The molecule has 0 unspecified atom stereocenters. The molecule has 1 aliphatic heterocycles. The molecule has 2 rings (SSSR count). The molecule has 0 aromatic heterocycles. The number of ether oxygens (including phenoxy) is 1. The van der Waals surface area contributed by atoms with E-state index in [4.69, 9.17) is 4.74 Å². The summed E-state index contributed by atoms with van der Waals surface area (Å²) in [6, 6.07) is 7.31. The van der Waals surface area contributed by atoms with Gasteiger partial charge in [0.1, 0.15) is 5.75 Å². The van der Waals surface area contributed by atoms with E-state index in [1.165, 1.54) is 0 Å². The van der Waals surface area contributed by atoms with Crippen LogP contribution in [0.1, 0.15) is 31.1 Å². The van der Waals surface area contributed by atoms with Crippen LogP contribution >= 0.6 is 0 Å². The summed E-state index contributed by atoms with van der Waals surface area (Å²) in [6.45, 7) is 14.5. The predicted octanol–water partition coefficient (Wildman–Crippen LogP) is 2.09. The van der Waals surface area contributed by atoms with Gasteiger partial charge in [0.15, 0.2) is 0 Å². The maximum Gasteiger partial charge on any atom is 0.251 e. The van der Waals surface area contributed by atoms with Gasteiger partial charge < -0.3 is 19.9 Å². The summed E-state index contributed by atoms with van der Waals surface area (Å²) < 4.78 is 5.40. The fourth-order valence-electron chi connectivity index (χ4n) is 3.03. The number of benzene rings is 1. The molecule has 1 amide bonds. The average molecular weight is 333 g/mol. The van der Waals surface area contributed by atoms with Crippen molar-refractivity contribution in [1.82, 2.24) is 15.1 Å². The van der Waals surface area contributed by atoms with Gasteiger partial charge >= 0.3 is 0 Å². The first-order chi connectivity index (χ1) is 11.6. The highest BCUT2D eigenvalue weighted by atomic mass is 16.5. The van der Waals surface area contributed by atoms with Gasteiger partial charge in [-0.3, -0.25) is 4.79 Å². The number of hydrogen-bond acceptors (Lipinski definition) is 4. The summed E-state index contributed by atoms with van der Waals surface area (Å²) in [5.41, 5.74) is 0.683. The summed E-state index contributed by atoms with van der Waals surface area (Å²) in [5.74, 6) is 1.24. The quantitative estimate of drug-likeness (QED) is 0.791. The minimum atomic E-state index is -0.0132. The molecule has 5 nitrogen and oxygen atoms in total. The van der Waals surface area contributed by atoms with Gasteiger partial charge in [0, 0.05) is 44.8 Å². The van der Waals surface area contributed by atoms with Crippen LogP contribution < -0.4 is 10.1 Å². The first-order valence-electron chi connectivity index (χ1n) is 9.08. The normalized spacial score (nSPS) is 17.5. The Balaban J connectivity index is 1.71. The first kappa shape index (κ1) is 18.7. The fraction of sp³-hybridized carbons (Fsp3) is 0.632. The molecule has 1 saturated heterocycles. The van der Waals surface area contributed by atoms with Crippen LogP contribution in [0.25, 0.3) is 0 Å². The van der Waals surface area contributed by atoms with Crippen molar-refractivity contribution < 1.29 is 9.53 Å². The minimum Gasteiger partial charge on any atom is -0.494 e. The Kier molecular flexibility index (Phi) is 7.53. The number of piperazine rings is 1. The molecule has 1 aliphatic rings. The zero-order valence-electron chi connectivity index (χ0n) is 15.3. The average Bonchev–Trinajstić information content (AvgIpc) is 2.61. The number of carbonyl (C=O) groups excluding carboxylic acids is 1. The number of nitrogens with one attached hydrogen (secondary N) is 1. The van der Waals surface area contributed by atoms with E-state index in [9.17, 15) is 4.79 Å². The number of likely N-dealkylation sites (N-methyl/N-ethyl adjacent to an activating group) is 1. The van der Waals surface area contributed by atoms with Crippen molar-refractivity contribution in [1.29, 1.82) is 0 Å². The van der Waals surface area contributed by atoms with Gasteiger partial charge in [-0.05, 0) is 43.7 Å². The van der Waals surface area contributed by atoms with Gasteiger partial charge in [-0.1, -0.05) is 13.8 Å². The molecule has 1 N–H and O–H groups in total. The van der Waals surface area contributed by atoms with E-state index in [0.717, 1.165) is 45.0 Å². The Labute approximate surface area is 146 Å². The molecule has 1 heterocycles. The second kappa shape index (κ2) is 9.64. The summed E-state index contributed by atoms with van der Waals surface area (Å²) in [4.78, 5) is 17.2. The summed E-state index contributed by atoms with van der Waals surface area (Å²) in [6.07, 6.45) is 0. The lowest BCUT2D eigenvalue weighted by atomic mass is 10.1. The third-order valence-electron chi connectivity index (χ3n) is 4.52. The lowest BCUT2D eigenvalue weighted by Gasteiger charge is -2.35. The molecule has 1 fully saturated rings. The van der Waals surface area contributed by atoms with E-state index in [-0.39, 0.29) is 5.91 Å². The molecule has 0 aliphatic carbocycles. The molecule has 0 spiro atoms. The van der Waals surface area contributed by atoms with Gasteiger partial charge in [0.25, 0.3) is 5.91 Å². The second-order valence-electron chi connectivity index (χ2n) is 6.51. The highest BCUT2D eigenvalue weighted by Crippen LogP contribution is 2.12. The van der Waals surface area contributed by atoms with Crippen LogP contribution in [0.5, 0.6) is 5.75 Å². The lowest BCUT2D eigenvalue weighted by molar-refractivity contribution is 0.0933. The van der Waals surface area contributed by atoms with Crippen molar-refractivity contribution in [3.05, 3.63) is 29.8 Å². The monoisotopic (exact) mass is 333 g/mol. The van der Waals surface area contributed by atoms with Crippen molar-refractivity contribution in [3.8, 4) is 5.75 Å². The zero-order chi connectivity index (χ0) is 17.4. The van der Waals surface area contributed by atoms with E-state index in [0.29, 0.717) is 24.6 Å². The number of hydrogen-bond donors (Lipinski definition) is 1. The Morgan fingerprint density at radius 3 is 2.33 bits per heavy atom. The third kappa shape index (κ3) is 5.80. The zero-order valence-corrected chi connectivity index (χ0v) is 15.3. The van der Waals surface area contributed by atoms with Crippen molar-refractivity contribution in [2.75, 3.05) is 52.4 Å². The minimum absolute atomic E-state index is 0.0132. The van der Waals surface area contributed by atoms with Gasteiger partial charge in [0.05, 0.1) is 6.61 Å². The standard InChI is InChI=1S/C19H31N3O2/c1-4-21-10-12-22(13-11-21)15-16(3)14-20-19(23)17-6-8-18(9-7-17)24-5-2/h6-9,16H,4-5,10-15H2,1-3H3,(H,20,23)/t16-/m1/s1. The van der Waals surface area contributed by atoms with Crippen LogP contribution in [0.3, 0.4) is 0 Å². The second-order valence-corrected chi connectivity index (χ2v) is 6.51. The van der Waals surface area contributed by atoms with Crippen LogP contribution in [-0.4, -0.2) is 68.1 Å². The van der Waals surface area contributed by atoms with Crippen molar-refractivity contribution in [2.24, 2.45) is 5.92 Å². The Morgan fingerprint density at radius 2 is 1.75 bits per heavy atom. The Hall–Kier alpha value is -1.59. The van der Waals surface area contributed by atoms with E-state index >= 15 is 0 Å². The van der Waals surface area contributed by atoms with Crippen molar-refractivity contribution in [3.63, 3.8) is 0 Å². The molecular weight excluding hydrogens is 302 g/mol. The SMILES string of the molecule is CCOc1ccc(C(=O)NC[C@@H](C)CN2CCN(CC)CC2)cc1.